The molecule has 3 heterocycles. The van der Waals surface area contributed by atoms with E-state index in [1.807, 2.05) is 4.90 Å². The second kappa shape index (κ2) is 6.99. The molecule has 0 radical (unpaired) electrons. The van der Waals surface area contributed by atoms with Crippen LogP contribution in [0.2, 0.25) is 0 Å². The zero-order chi connectivity index (χ0) is 18.1. The first-order chi connectivity index (χ1) is 12.6. The molecule has 0 bridgehead atoms. The van der Waals surface area contributed by atoms with Crippen LogP contribution in [0.15, 0.2) is 35.4 Å². The van der Waals surface area contributed by atoms with E-state index in [1.54, 1.807) is 11.8 Å². The molecule has 1 aromatic carbocycles. The number of hydrogen-bond donors (Lipinski definition) is 1. The van der Waals surface area contributed by atoms with Crippen molar-refractivity contribution >= 4 is 34.5 Å². The average Bonchev–Trinajstić information content (AvgIpc) is 3.21. The number of likely N-dealkylation sites (tertiary alicyclic amines) is 1. The fourth-order valence-corrected chi connectivity index (χ4v) is 5.15. The van der Waals surface area contributed by atoms with Crippen LogP contribution >= 0.6 is 11.8 Å². The maximum atomic E-state index is 12.7. The lowest BCUT2D eigenvalue weighted by atomic mass is 9.78. The van der Waals surface area contributed by atoms with Crippen molar-refractivity contribution in [2.24, 2.45) is 5.41 Å². The lowest BCUT2D eigenvalue weighted by Crippen LogP contribution is -2.44. The lowest BCUT2D eigenvalue weighted by Gasteiger charge is -2.38. The first-order valence-corrected chi connectivity index (χ1v) is 10.3. The van der Waals surface area contributed by atoms with E-state index in [0.717, 1.165) is 39.0 Å². The molecule has 5 nitrogen and oxygen atoms in total. The molecule has 2 aliphatic heterocycles. The molecule has 138 valence electrons. The van der Waals surface area contributed by atoms with E-state index in [2.05, 4.69) is 47.3 Å². The largest absolute Gasteiger partial charge is 0.356 e. The van der Waals surface area contributed by atoms with Gasteiger partial charge in [0.25, 0.3) is 0 Å². The fourth-order valence-electron chi connectivity index (χ4n) is 4.16. The number of thioether (sulfide) groups is 1. The highest BCUT2D eigenvalue weighted by atomic mass is 32.2. The summed E-state index contributed by atoms with van der Waals surface area (Å²) in [5.41, 5.74) is 1.32. The van der Waals surface area contributed by atoms with Gasteiger partial charge in [-0.3, -0.25) is 9.59 Å². The molecule has 2 fully saturated rings. The van der Waals surface area contributed by atoms with E-state index in [0.29, 0.717) is 12.2 Å². The summed E-state index contributed by atoms with van der Waals surface area (Å²) in [5, 5.41) is 4.17. The van der Waals surface area contributed by atoms with Crippen molar-refractivity contribution in [1.82, 2.24) is 14.8 Å². The molecule has 2 aliphatic rings. The Kier molecular flexibility index (Phi) is 4.69. The van der Waals surface area contributed by atoms with Crippen LogP contribution in [-0.4, -0.2) is 46.7 Å². The minimum Gasteiger partial charge on any atom is -0.356 e. The van der Waals surface area contributed by atoms with Crippen LogP contribution in [0, 0.1) is 5.41 Å². The molecule has 1 N–H and O–H groups in total. The molecule has 0 unspecified atom stereocenters. The molecular formula is C20H25N3O2S. The molecule has 0 saturated carbocycles. The average molecular weight is 372 g/mol. The number of amides is 2. The summed E-state index contributed by atoms with van der Waals surface area (Å²) in [5.74, 6) is 0.838. The number of benzene rings is 1. The van der Waals surface area contributed by atoms with Gasteiger partial charge < -0.3 is 14.8 Å². The maximum Gasteiger partial charge on any atom is 0.232 e. The molecule has 1 spiro atoms. The van der Waals surface area contributed by atoms with Gasteiger partial charge in [0, 0.05) is 54.6 Å². The Morgan fingerprint density at radius 3 is 2.73 bits per heavy atom. The quantitative estimate of drug-likeness (QED) is 0.841. The summed E-state index contributed by atoms with van der Waals surface area (Å²) in [6.07, 6.45) is 4.64. The fraction of sp³-hybridized carbons (Fsp3) is 0.500. The summed E-state index contributed by atoms with van der Waals surface area (Å²) in [4.78, 5) is 27.3. The third kappa shape index (κ3) is 3.22. The summed E-state index contributed by atoms with van der Waals surface area (Å²) in [6.45, 7) is 5.38. The van der Waals surface area contributed by atoms with E-state index >= 15 is 0 Å². The molecule has 26 heavy (non-hydrogen) atoms. The van der Waals surface area contributed by atoms with Crippen molar-refractivity contribution < 1.29 is 9.59 Å². The van der Waals surface area contributed by atoms with Gasteiger partial charge in [0.05, 0.1) is 5.75 Å². The Labute approximate surface area is 158 Å². The SMILES string of the molecule is CCn1cc(SCC(=O)N2CCC3(CC2)CNC(=O)C3)c2ccccc21. The number of carbonyl (C=O) groups is 2. The Bertz CT molecular complexity index is 837. The number of hydrogen-bond acceptors (Lipinski definition) is 3. The normalized spacial score (nSPS) is 19.3. The smallest absolute Gasteiger partial charge is 0.232 e. The van der Waals surface area contributed by atoms with Gasteiger partial charge in [-0.05, 0) is 31.2 Å². The Balaban J connectivity index is 1.37. The molecule has 4 rings (SSSR count). The van der Waals surface area contributed by atoms with Gasteiger partial charge in [-0.2, -0.15) is 0 Å². The molecular weight excluding hydrogens is 346 g/mol. The van der Waals surface area contributed by atoms with Crippen LogP contribution < -0.4 is 5.32 Å². The standard InChI is InChI=1S/C20H25N3O2S/c1-2-22-12-17(15-5-3-4-6-16(15)22)26-13-19(25)23-9-7-20(8-10-23)11-18(24)21-14-20/h3-6,12H,2,7-11,13-14H2,1H3,(H,21,24). The van der Waals surface area contributed by atoms with Gasteiger partial charge in [0.1, 0.15) is 0 Å². The number of aryl methyl sites for hydroxylation is 1. The number of piperidine rings is 1. The number of carbonyl (C=O) groups excluding carboxylic acids is 2. The van der Waals surface area contributed by atoms with Crippen LogP contribution in [-0.2, 0) is 16.1 Å². The van der Waals surface area contributed by atoms with Crippen molar-refractivity contribution in [1.29, 1.82) is 0 Å². The number of para-hydroxylation sites is 1. The highest BCUT2D eigenvalue weighted by Gasteiger charge is 2.41. The maximum absolute atomic E-state index is 12.7. The van der Waals surface area contributed by atoms with Gasteiger partial charge in [0.2, 0.25) is 11.8 Å². The molecule has 1 aromatic heterocycles. The van der Waals surface area contributed by atoms with Gasteiger partial charge in [-0.1, -0.05) is 18.2 Å². The van der Waals surface area contributed by atoms with Crippen LogP contribution in [0.5, 0.6) is 0 Å². The van der Waals surface area contributed by atoms with Crippen molar-refractivity contribution in [3.63, 3.8) is 0 Å². The summed E-state index contributed by atoms with van der Waals surface area (Å²) < 4.78 is 2.23. The summed E-state index contributed by atoms with van der Waals surface area (Å²) in [7, 11) is 0. The Morgan fingerprint density at radius 1 is 1.27 bits per heavy atom. The minimum absolute atomic E-state index is 0.0928. The van der Waals surface area contributed by atoms with Crippen LogP contribution in [0.25, 0.3) is 10.9 Å². The third-order valence-electron chi connectivity index (χ3n) is 5.82. The van der Waals surface area contributed by atoms with Crippen molar-refractivity contribution in [3.8, 4) is 0 Å². The Hall–Kier alpha value is -1.95. The highest BCUT2D eigenvalue weighted by Crippen LogP contribution is 2.38. The van der Waals surface area contributed by atoms with Gasteiger partial charge in [0.15, 0.2) is 0 Å². The Morgan fingerprint density at radius 2 is 2.04 bits per heavy atom. The number of aromatic nitrogens is 1. The molecule has 2 aromatic rings. The van der Waals surface area contributed by atoms with Crippen molar-refractivity contribution in [2.75, 3.05) is 25.4 Å². The monoisotopic (exact) mass is 371 g/mol. The van der Waals surface area contributed by atoms with Crippen molar-refractivity contribution in [2.45, 2.75) is 37.6 Å². The van der Waals surface area contributed by atoms with E-state index in [9.17, 15) is 9.59 Å². The first-order valence-electron chi connectivity index (χ1n) is 9.35. The molecule has 6 heteroatoms. The zero-order valence-electron chi connectivity index (χ0n) is 15.2. The van der Waals surface area contributed by atoms with Crippen molar-refractivity contribution in [3.05, 3.63) is 30.5 Å². The van der Waals surface area contributed by atoms with Crippen LogP contribution in [0.1, 0.15) is 26.2 Å². The minimum atomic E-state index is 0.0928. The highest BCUT2D eigenvalue weighted by molar-refractivity contribution is 8.00. The van der Waals surface area contributed by atoms with Crippen LogP contribution in [0.4, 0.5) is 0 Å². The predicted octanol–water partition coefficient (Wildman–Crippen LogP) is 2.88. The molecule has 2 saturated heterocycles. The predicted molar refractivity (Wildman–Crippen MR) is 104 cm³/mol. The van der Waals surface area contributed by atoms with E-state index in [4.69, 9.17) is 0 Å². The molecule has 2 amide bonds. The third-order valence-corrected chi connectivity index (χ3v) is 6.84. The summed E-state index contributed by atoms with van der Waals surface area (Å²) >= 11 is 1.63. The topological polar surface area (TPSA) is 54.3 Å². The van der Waals surface area contributed by atoms with E-state index in [-0.39, 0.29) is 17.2 Å². The lowest BCUT2D eigenvalue weighted by molar-refractivity contribution is -0.130. The van der Waals surface area contributed by atoms with Gasteiger partial charge in [-0.25, -0.2) is 0 Å². The number of fused-ring (bicyclic) bond motifs is 1. The second-order valence-corrected chi connectivity index (χ2v) is 8.44. The zero-order valence-corrected chi connectivity index (χ0v) is 16.0. The molecule has 0 atom stereocenters. The number of nitrogens with one attached hydrogen (secondary N) is 1. The number of rotatable bonds is 4. The summed E-state index contributed by atoms with van der Waals surface area (Å²) in [6, 6.07) is 8.37. The van der Waals surface area contributed by atoms with Crippen LogP contribution in [0.3, 0.4) is 0 Å². The number of nitrogens with zero attached hydrogens (tertiary/aromatic N) is 2. The van der Waals surface area contributed by atoms with E-state index in [1.165, 1.54) is 15.8 Å². The van der Waals surface area contributed by atoms with Gasteiger partial charge in [-0.15, -0.1) is 11.8 Å². The van der Waals surface area contributed by atoms with Gasteiger partial charge >= 0.3 is 0 Å². The first kappa shape index (κ1) is 17.5. The second-order valence-electron chi connectivity index (χ2n) is 7.42. The van der Waals surface area contributed by atoms with E-state index < -0.39 is 0 Å². The molecule has 0 aliphatic carbocycles.